The molecule has 160 valence electrons. The molecule has 1 saturated heterocycles. The zero-order chi connectivity index (χ0) is 21.3. The smallest absolute Gasteiger partial charge is 0.409 e. The minimum Gasteiger partial charge on any atom is -0.492 e. The number of carbonyl (C=O) groups is 1. The first-order valence-electron chi connectivity index (χ1n) is 10.3. The van der Waals surface area contributed by atoms with Crippen molar-refractivity contribution in [3.05, 3.63) is 46.1 Å². The van der Waals surface area contributed by atoms with Crippen LogP contribution in [-0.4, -0.2) is 68.4 Å². The van der Waals surface area contributed by atoms with Gasteiger partial charge in [-0.15, -0.1) is 5.10 Å². The van der Waals surface area contributed by atoms with Crippen LogP contribution >= 0.6 is 11.3 Å². The van der Waals surface area contributed by atoms with Gasteiger partial charge in [-0.3, -0.25) is 4.90 Å². The fourth-order valence-electron chi connectivity index (χ4n) is 3.77. The summed E-state index contributed by atoms with van der Waals surface area (Å²) in [4.78, 5) is 22.2. The Hall–Kier alpha value is -2.65. The molecule has 1 aliphatic rings. The highest BCUT2D eigenvalue weighted by Gasteiger charge is 2.32. The topological polar surface area (TPSA) is 83.2 Å². The van der Waals surface area contributed by atoms with E-state index >= 15 is 0 Å². The Balaban J connectivity index is 1.66. The molecule has 1 fully saturated rings. The summed E-state index contributed by atoms with van der Waals surface area (Å²) in [7, 11) is 0. The largest absolute Gasteiger partial charge is 0.492 e. The number of nitrogens with zero attached hydrogens (tertiary/aromatic N) is 5. The van der Waals surface area contributed by atoms with Gasteiger partial charge in [-0.1, -0.05) is 48.1 Å². The van der Waals surface area contributed by atoms with E-state index in [9.17, 15) is 9.90 Å². The van der Waals surface area contributed by atoms with E-state index in [1.165, 1.54) is 21.4 Å². The summed E-state index contributed by atoms with van der Waals surface area (Å²) in [5.41, 5.74) is 2.28. The summed E-state index contributed by atoms with van der Waals surface area (Å²) in [5, 5.41) is 15.4. The highest BCUT2D eigenvalue weighted by Crippen LogP contribution is 2.40. The maximum absolute atomic E-state index is 12.1. The quantitative estimate of drug-likeness (QED) is 0.670. The van der Waals surface area contributed by atoms with Gasteiger partial charge in [-0.25, -0.2) is 9.78 Å². The van der Waals surface area contributed by atoms with E-state index in [-0.39, 0.29) is 18.0 Å². The van der Waals surface area contributed by atoms with Crippen molar-refractivity contribution in [3.63, 3.8) is 0 Å². The Morgan fingerprint density at radius 3 is 2.50 bits per heavy atom. The first-order chi connectivity index (χ1) is 14.5. The number of fused-ring (bicyclic) bond motifs is 1. The number of hydrogen-bond donors (Lipinski definition) is 1. The fraction of sp³-hybridized carbons (Fsp3) is 0.476. The van der Waals surface area contributed by atoms with Crippen molar-refractivity contribution in [2.75, 3.05) is 32.8 Å². The molecule has 0 radical (unpaired) electrons. The Morgan fingerprint density at radius 2 is 1.90 bits per heavy atom. The molecule has 3 aromatic rings. The van der Waals surface area contributed by atoms with Gasteiger partial charge in [0.2, 0.25) is 10.8 Å². The number of piperazine rings is 1. The lowest BCUT2D eigenvalue weighted by atomic mass is 10.0. The number of ether oxygens (including phenoxy) is 1. The third-order valence-electron chi connectivity index (χ3n) is 5.41. The van der Waals surface area contributed by atoms with E-state index in [1.54, 1.807) is 4.90 Å². The molecular formula is C21H27N5O3S. The SMILES string of the molecule is CCOC(=O)N1CCN(C(c2ccc(C)cc2)c2sc3nc(CC)nn3c2O)CC1. The molecule has 30 heavy (non-hydrogen) atoms. The standard InChI is InChI=1S/C21H27N5O3S/c1-4-16-22-20-26(23-16)19(27)18(30-20)17(15-8-6-14(3)7-9-15)24-10-12-25(13-11-24)21(28)29-5-2/h6-9,17,27H,4-5,10-13H2,1-3H3. The second kappa shape index (κ2) is 8.61. The van der Waals surface area contributed by atoms with E-state index in [1.807, 2.05) is 13.8 Å². The van der Waals surface area contributed by atoms with Crippen LogP contribution in [-0.2, 0) is 11.2 Å². The van der Waals surface area contributed by atoms with Gasteiger partial charge < -0.3 is 14.7 Å². The molecule has 0 spiro atoms. The van der Waals surface area contributed by atoms with Crippen molar-refractivity contribution in [2.45, 2.75) is 33.2 Å². The lowest BCUT2D eigenvalue weighted by Gasteiger charge is -2.38. The molecule has 1 N–H and O–H groups in total. The number of benzene rings is 1. The average molecular weight is 430 g/mol. The molecule has 1 amide bonds. The summed E-state index contributed by atoms with van der Waals surface area (Å²) in [6.07, 6.45) is 0.457. The number of thiazole rings is 1. The predicted molar refractivity (Wildman–Crippen MR) is 115 cm³/mol. The molecule has 1 aliphatic heterocycles. The van der Waals surface area contributed by atoms with Crippen molar-refractivity contribution < 1.29 is 14.6 Å². The molecular weight excluding hydrogens is 402 g/mol. The van der Waals surface area contributed by atoms with E-state index in [0.29, 0.717) is 37.7 Å². The molecule has 2 aromatic heterocycles. The lowest BCUT2D eigenvalue weighted by molar-refractivity contribution is 0.0715. The lowest BCUT2D eigenvalue weighted by Crippen LogP contribution is -2.49. The van der Waals surface area contributed by atoms with E-state index < -0.39 is 0 Å². The van der Waals surface area contributed by atoms with E-state index in [0.717, 1.165) is 22.7 Å². The van der Waals surface area contributed by atoms with E-state index in [4.69, 9.17) is 4.74 Å². The minimum absolute atomic E-state index is 0.131. The fourth-order valence-corrected chi connectivity index (χ4v) is 4.91. The van der Waals surface area contributed by atoms with Crippen LogP contribution in [0.3, 0.4) is 0 Å². The normalized spacial score (nSPS) is 16.2. The van der Waals surface area contributed by atoms with Crippen LogP contribution in [0.5, 0.6) is 5.88 Å². The van der Waals surface area contributed by atoms with Crippen molar-refractivity contribution in [1.29, 1.82) is 0 Å². The number of aryl methyl sites for hydroxylation is 2. The van der Waals surface area contributed by atoms with Crippen molar-refractivity contribution in [2.24, 2.45) is 0 Å². The van der Waals surface area contributed by atoms with Crippen LogP contribution in [0.4, 0.5) is 4.79 Å². The highest BCUT2D eigenvalue weighted by molar-refractivity contribution is 7.17. The third-order valence-corrected chi connectivity index (χ3v) is 6.48. The second-order valence-corrected chi connectivity index (χ2v) is 8.41. The van der Waals surface area contributed by atoms with Crippen LogP contribution < -0.4 is 0 Å². The number of hydrogen-bond acceptors (Lipinski definition) is 7. The first kappa shape index (κ1) is 20.6. The average Bonchev–Trinajstić information content (AvgIpc) is 3.29. The minimum atomic E-state index is -0.266. The Morgan fingerprint density at radius 1 is 1.20 bits per heavy atom. The summed E-state index contributed by atoms with van der Waals surface area (Å²) < 4.78 is 6.68. The third kappa shape index (κ3) is 3.87. The van der Waals surface area contributed by atoms with Crippen LogP contribution in [0.15, 0.2) is 24.3 Å². The molecule has 1 unspecified atom stereocenters. The molecule has 0 saturated carbocycles. The summed E-state index contributed by atoms with van der Waals surface area (Å²) in [5.74, 6) is 0.860. The van der Waals surface area contributed by atoms with Gasteiger partial charge in [-0.2, -0.15) is 4.52 Å². The highest BCUT2D eigenvalue weighted by atomic mass is 32.1. The molecule has 4 rings (SSSR count). The molecule has 9 heteroatoms. The maximum Gasteiger partial charge on any atom is 0.409 e. The zero-order valence-corrected chi connectivity index (χ0v) is 18.4. The van der Waals surface area contributed by atoms with Gasteiger partial charge in [0, 0.05) is 32.6 Å². The van der Waals surface area contributed by atoms with Crippen LogP contribution in [0.1, 0.15) is 41.7 Å². The molecule has 1 aromatic carbocycles. The van der Waals surface area contributed by atoms with Crippen LogP contribution in [0.25, 0.3) is 4.96 Å². The van der Waals surface area contributed by atoms with Gasteiger partial charge in [-0.05, 0) is 19.4 Å². The summed E-state index contributed by atoms with van der Waals surface area (Å²) in [6, 6.07) is 8.24. The molecule has 0 aliphatic carbocycles. The summed E-state index contributed by atoms with van der Waals surface area (Å²) in [6.45, 7) is 8.79. The van der Waals surface area contributed by atoms with Gasteiger partial charge in [0.1, 0.15) is 0 Å². The van der Waals surface area contributed by atoms with E-state index in [2.05, 4.69) is 46.2 Å². The van der Waals surface area contributed by atoms with Gasteiger partial charge >= 0.3 is 6.09 Å². The molecule has 8 nitrogen and oxygen atoms in total. The molecule has 3 heterocycles. The Labute approximate surface area is 179 Å². The van der Waals surface area contributed by atoms with Crippen molar-refractivity contribution >= 4 is 22.4 Å². The number of rotatable bonds is 5. The number of amides is 1. The Kier molecular flexibility index (Phi) is 5.92. The first-order valence-corrected chi connectivity index (χ1v) is 11.1. The number of carbonyl (C=O) groups excluding carboxylic acids is 1. The van der Waals surface area contributed by atoms with Crippen LogP contribution in [0.2, 0.25) is 0 Å². The van der Waals surface area contributed by atoms with Crippen molar-refractivity contribution in [3.8, 4) is 5.88 Å². The predicted octanol–water partition coefficient (Wildman–Crippen LogP) is 3.23. The van der Waals surface area contributed by atoms with Crippen molar-refractivity contribution in [1.82, 2.24) is 24.4 Å². The number of aromatic hydroxyl groups is 1. The van der Waals surface area contributed by atoms with Gasteiger partial charge in [0.05, 0.1) is 17.5 Å². The molecule has 1 atom stereocenters. The van der Waals surface area contributed by atoms with Crippen LogP contribution in [0, 0.1) is 6.92 Å². The molecule has 0 bridgehead atoms. The monoisotopic (exact) mass is 429 g/mol. The zero-order valence-electron chi connectivity index (χ0n) is 17.5. The Bertz CT molecular complexity index is 1020. The second-order valence-electron chi connectivity index (χ2n) is 7.40. The summed E-state index contributed by atoms with van der Waals surface area (Å²) >= 11 is 1.47. The number of aromatic nitrogens is 3. The van der Waals surface area contributed by atoms with Gasteiger partial charge in [0.15, 0.2) is 5.82 Å². The van der Waals surface area contributed by atoms with Gasteiger partial charge in [0.25, 0.3) is 0 Å². The maximum atomic E-state index is 12.1.